The number of ether oxygens (including phenoxy) is 1. The maximum atomic E-state index is 11.9. The molecule has 1 N–H and O–H groups in total. The number of nitrogens with zero attached hydrogens (tertiary/aromatic N) is 1. The molecule has 1 saturated heterocycles. The first-order valence-electron chi connectivity index (χ1n) is 7.48. The van der Waals surface area contributed by atoms with Gasteiger partial charge in [-0.1, -0.05) is 0 Å². The minimum Gasteiger partial charge on any atom is -0.444 e. The molecule has 0 aromatic rings. The average Bonchev–Trinajstić information content (AvgIpc) is 3.06. The summed E-state index contributed by atoms with van der Waals surface area (Å²) in [7, 11) is 0. The molecule has 2 unspecified atom stereocenters. The van der Waals surface area contributed by atoms with E-state index >= 15 is 0 Å². The van der Waals surface area contributed by atoms with Gasteiger partial charge in [0.1, 0.15) is 5.60 Å². The van der Waals surface area contributed by atoms with E-state index in [0.717, 1.165) is 37.8 Å². The van der Waals surface area contributed by atoms with Gasteiger partial charge in [0.15, 0.2) is 0 Å². The number of carbonyl (C=O) groups is 1. The first-order chi connectivity index (χ1) is 8.89. The summed E-state index contributed by atoms with van der Waals surface area (Å²) in [5, 5.41) is 9.06. The van der Waals surface area contributed by atoms with Crippen LogP contribution in [-0.2, 0) is 4.74 Å². The molecule has 0 radical (unpaired) electrons. The van der Waals surface area contributed by atoms with Gasteiger partial charge < -0.3 is 14.7 Å². The summed E-state index contributed by atoms with van der Waals surface area (Å²) in [6, 6.07) is 0. The normalized spacial score (nSPS) is 28.3. The SMILES string of the molecule is CC(C)(C)OC(=O)N1CCC(CC2CC2CO)CC1. The van der Waals surface area contributed by atoms with E-state index in [-0.39, 0.29) is 6.09 Å². The Morgan fingerprint density at radius 3 is 2.37 bits per heavy atom. The van der Waals surface area contributed by atoms with Gasteiger partial charge in [-0.05, 0) is 64.2 Å². The molecule has 1 heterocycles. The third-order valence-electron chi connectivity index (χ3n) is 4.21. The minimum atomic E-state index is -0.406. The van der Waals surface area contributed by atoms with Crippen molar-refractivity contribution in [1.29, 1.82) is 0 Å². The van der Waals surface area contributed by atoms with Crippen molar-refractivity contribution < 1.29 is 14.6 Å². The van der Waals surface area contributed by atoms with E-state index in [1.807, 2.05) is 25.7 Å². The van der Waals surface area contributed by atoms with Crippen molar-refractivity contribution in [3.63, 3.8) is 0 Å². The Bertz CT molecular complexity index is 316. The second-order valence-corrected chi connectivity index (χ2v) is 7.08. The van der Waals surface area contributed by atoms with Crippen molar-refractivity contribution >= 4 is 6.09 Å². The van der Waals surface area contributed by atoms with E-state index in [1.165, 1.54) is 12.8 Å². The largest absolute Gasteiger partial charge is 0.444 e. The third-order valence-corrected chi connectivity index (χ3v) is 4.21. The van der Waals surface area contributed by atoms with Gasteiger partial charge >= 0.3 is 6.09 Å². The van der Waals surface area contributed by atoms with Crippen LogP contribution in [0.25, 0.3) is 0 Å². The number of hydrogen-bond acceptors (Lipinski definition) is 3. The van der Waals surface area contributed by atoms with Crippen molar-refractivity contribution in [2.45, 2.75) is 52.1 Å². The summed E-state index contributed by atoms with van der Waals surface area (Å²) in [5.41, 5.74) is -0.406. The highest BCUT2D eigenvalue weighted by molar-refractivity contribution is 5.68. The summed E-state index contributed by atoms with van der Waals surface area (Å²) >= 11 is 0. The van der Waals surface area contributed by atoms with E-state index in [4.69, 9.17) is 9.84 Å². The molecule has 4 nitrogen and oxygen atoms in total. The average molecular weight is 269 g/mol. The zero-order valence-corrected chi connectivity index (χ0v) is 12.4. The van der Waals surface area contributed by atoms with Gasteiger partial charge in [-0.3, -0.25) is 0 Å². The highest BCUT2D eigenvalue weighted by Crippen LogP contribution is 2.44. The third kappa shape index (κ3) is 4.37. The molecule has 1 amide bonds. The minimum absolute atomic E-state index is 0.175. The van der Waals surface area contributed by atoms with Gasteiger partial charge in [-0.15, -0.1) is 0 Å². The Kier molecular flexibility index (Phi) is 4.39. The van der Waals surface area contributed by atoms with Crippen LogP contribution in [0, 0.1) is 17.8 Å². The van der Waals surface area contributed by atoms with Crippen molar-refractivity contribution in [3.05, 3.63) is 0 Å². The number of hydrogen-bond donors (Lipinski definition) is 1. The van der Waals surface area contributed by atoms with Crippen LogP contribution in [0.1, 0.15) is 46.5 Å². The Balaban J connectivity index is 1.69. The number of amides is 1. The van der Waals surface area contributed by atoms with E-state index in [2.05, 4.69) is 0 Å². The fraction of sp³-hybridized carbons (Fsp3) is 0.933. The first-order valence-corrected chi connectivity index (χ1v) is 7.48. The fourth-order valence-corrected chi connectivity index (χ4v) is 2.93. The van der Waals surface area contributed by atoms with Crippen LogP contribution in [0.2, 0.25) is 0 Å². The molecule has 19 heavy (non-hydrogen) atoms. The van der Waals surface area contributed by atoms with Crippen LogP contribution in [0.4, 0.5) is 4.79 Å². The summed E-state index contributed by atoms with van der Waals surface area (Å²) in [4.78, 5) is 13.8. The van der Waals surface area contributed by atoms with Crippen LogP contribution in [-0.4, -0.2) is 41.4 Å². The van der Waals surface area contributed by atoms with E-state index in [9.17, 15) is 4.79 Å². The van der Waals surface area contributed by atoms with Crippen LogP contribution in [0.5, 0.6) is 0 Å². The van der Waals surface area contributed by atoms with Crippen molar-refractivity contribution in [2.75, 3.05) is 19.7 Å². The Morgan fingerprint density at radius 1 is 1.26 bits per heavy atom. The van der Waals surface area contributed by atoms with Crippen LogP contribution in [0.15, 0.2) is 0 Å². The first kappa shape index (κ1) is 14.6. The molecule has 1 saturated carbocycles. The molecular formula is C15H27NO3. The van der Waals surface area contributed by atoms with Crippen LogP contribution < -0.4 is 0 Å². The quantitative estimate of drug-likeness (QED) is 0.857. The molecule has 2 rings (SSSR count). The molecular weight excluding hydrogens is 242 g/mol. The molecule has 0 spiro atoms. The Hall–Kier alpha value is -0.770. The van der Waals surface area contributed by atoms with Gasteiger partial charge in [0.25, 0.3) is 0 Å². The molecule has 2 atom stereocenters. The summed E-state index contributed by atoms with van der Waals surface area (Å²) in [5.74, 6) is 2.02. The van der Waals surface area contributed by atoms with Crippen LogP contribution in [0.3, 0.4) is 0 Å². The highest BCUT2D eigenvalue weighted by atomic mass is 16.6. The Morgan fingerprint density at radius 2 is 1.89 bits per heavy atom. The fourth-order valence-electron chi connectivity index (χ4n) is 2.93. The van der Waals surface area contributed by atoms with E-state index < -0.39 is 5.60 Å². The van der Waals surface area contributed by atoms with Crippen molar-refractivity contribution in [3.8, 4) is 0 Å². The molecule has 1 aliphatic carbocycles. The zero-order chi connectivity index (χ0) is 14.0. The maximum Gasteiger partial charge on any atom is 0.410 e. The number of rotatable bonds is 3. The zero-order valence-electron chi connectivity index (χ0n) is 12.4. The smallest absolute Gasteiger partial charge is 0.410 e. The topological polar surface area (TPSA) is 49.8 Å². The number of likely N-dealkylation sites (tertiary alicyclic amines) is 1. The van der Waals surface area contributed by atoms with Crippen molar-refractivity contribution in [1.82, 2.24) is 4.90 Å². The van der Waals surface area contributed by atoms with E-state index in [1.54, 1.807) is 0 Å². The van der Waals surface area contributed by atoms with Gasteiger partial charge in [0.05, 0.1) is 0 Å². The molecule has 2 aliphatic rings. The highest BCUT2D eigenvalue weighted by Gasteiger charge is 2.38. The van der Waals surface area contributed by atoms with Crippen molar-refractivity contribution in [2.24, 2.45) is 17.8 Å². The predicted octanol–water partition coefficient (Wildman–Crippen LogP) is 2.65. The molecule has 1 aliphatic heterocycles. The number of aliphatic hydroxyl groups is 1. The van der Waals surface area contributed by atoms with Gasteiger partial charge in [-0.2, -0.15) is 0 Å². The van der Waals surface area contributed by atoms with Gasteiger partial charge in [0.2, 0.25) is 0 Å². The lowest BCUT2D eigenvalue weighted by Gasteiger charge is -2.33. The standard InChI is InChI=1S/C15H27NO3/c1-15(2,3)19-14(18)16-6-4-11(5-7-16)8-12-9-13(12)10-17/h11-13,17H,4-10H2,1-3H3. The van der Waals surface area contributed by atoms with Gasteiger partial charge in [-0.25, -0.2) is 4.79 Å². The lowest BCUT2D eigenvalue weighted by Crippen LogP contribution is -2.41. The lowest BCUT2D eigenvalue weighted by molar-refractivity contribution is 0.0179. The number of carbonyl (C=O) groups excluding carboxylic acids is 1. The lowest BCUT2D eigenvalue weighted by atomic mass is 9.91. The maximum absolute atomic E-state index is 11.9. The summed E-state index contributed by atoms with van der Waals surface area (Å²) in [6.45, 7) is 7.69. The molecule has 0 aromatic heterocycles. The second kappa shape index (κ2) is 5.70. The van der Waals surface area contributed by atoms with Gasteiger partial charge in [0, 0.05) is 19.7 Å². The molecule has 110 valence electrons. The number of piperidine rings is 1. The molecule has 2 fully saturated rings. The summed E-state index contributed by atoms with van der Waals surface area (Å²) in [6.07, 6.45) is 4.41. The summed E-state index contributed by atoms with van der Waals surface area (Å²) < 4.78 is 5.39. The van der Waals surface area contributed by atoms with E-state index in [0.29, 0.717) is 12.5 Å². The predicted molar refractivity (Wildman–Crippen MR) is 73.8 cm³/mol. The number of aliphatic hydroxyl groups excluding tert-OH is 1. The molecule has 0 aromatic carbocycles. The van der Waals surface area contributed by atoms with Crippen LogP contribution >= 0.6 is 0 Å². The Labute approximate surface area is 116 Å². The molecule has 0 bridgehead atoms. The second-order valence-electron chi connectivity index (χ2n) is 7.08. The monoisotopic (exact) mass is 269 g/mol. The molecule has 4 heteroatoms.